The largest absolute Gasteiger partial charge is 0.374 e. The number of aliphatic imine (C=N–C) groups is 1. The van der Waals surface area contributed by atoms with Gasteiger partial charge in [0, 0.05) is 32.7 Å². The summed E-state index contributed by atoms with van der Waals surface area (Å²) in [5.41, 5.74) is 0.448. The standard InChI is InChI=1S/C17H34N4O/c1-4-17(8-6-7-9-17)14-20-16(18-5-2)19-12-15-13-21(3)10-11-22-15/h15H,4-14H2,1-3H3,(H2,18,19,20). The molecule has 5 heteroatoms. The summed E-state index contributed by atoms with van der Waals surface area (Å²) in [5.74, 6) is 0.944. The summed E-state index contributed by atoms with van der Waals surface area (Å²) in [6, 6.07) is 0. The first-order valence-electron chi connectivity index (χ1n) is 9.00. The molecule has 1 saturated carbocycles. The molecule has 128 valence electrons. The summed E-state index contributed by atoms with van der Waals surface area (Å²) in [6.07, 6.45) is 6.91. The Labute approximate surface area is 135 Å². The fourth-order valence-corrected chi connectivity index (χ4v) is 3.54. The monoisotopic (exact) mass is 310 g/mol. The van der Waals surface area contributed by atoms with E-state index < -0.39 is 0 Å². The molecule has 22 heavy (non-hydrogen) atoms. The van der Waals surface area contributed by atoms with Crippen molar-refractivity contribution in [1.29, 1.82) is 0 Å². The second-order valence-corrected chi connectivity index (χ2v) is 6.89. The van der Waals surface area contributed by atoms with E-state index in [1.165, 1.54) is 32.1 Å². The maximum Gasteiger partial charge on any atom is 0.191 e. The van der Waals surface area contributed by atoms with Gasteiger partial charge in [-0.2, -0.15) is 0 Å². The first-order chi connectivity index (χ1) is 10.7. The van der Waals surface area contributed by atoms with Crippen molar-refractivity contribution in [2.24, 2.45) is 10.4 Å². The van der Waals surface area contributed by atoms with E-state index in [0.717, 1.165) is 45.3 Å². The molecule has 0 aromatic rings. The maximum absolute atomic E-state index is 5.81. The molecule has 1 heterocycles. The third-order valence-electron chi connectivity index (χ3n) is 5.17. The predicted octanol–water partition coefficient (Wildman–Crippen LogP) is 1.84. The second kappa shape index (κ2) is 8.73. The zero-order valence-electron chi connectivity index (χ0n) is 14.7. The molecule has 1 saturated heterocycles. The normalized spacial score (nSPS) is 26.1. The van der Waals surface area contributed by atoms with E-state index in [1.807, 2.05) is 0 Å². The first-order valence-corrected chi connectivity index (χ1v) is 9.00. The van der Waals surface area contributed by atoms with Gasteiger partial charge in [0.2, 0.25) is 0 Å². The van der Waals surface area contributed by atoms with E-state index in [2.05, 4.69) is 36.4 Å². The van der Waals surface area contributed by atoms with Gasteiger partial charge in [0.1, 0.15) is 0 Å². The van der Waals surface area contributed by atoms with E-state index in [9.17, 15) is 0 Å². The molecule has 0 spiro atoms. The Balaban J connectivity index is 1.84. The van der Waals surface area contributed by atoms with Crippen molar-refractivity contribution in [3.05, 3.63) is 0 Å². The van der Waals surface area contributed by atoms with Crippen molar-refractivity contribution in [2.45, 2.75) is 52.1 Å². The number of nitrogens with zero attached hydrogens (tertiary/aromatic N) is 2. The van der Waals surface area contributed by atoms with Gasteiger partial charge >= 0.3 is 0 Å². The van der Waals surface area contributed by atoms with Gasteiger partial charge in [-0.3, -0.25) is 4.99 Å². The van der Waals surface area contributed by atoms with Crippen molar-refractivity contribution >= 4 is 5.96 Å². The van der Waals surface area contributed by atoms with Gasteiger partial charge in [-0.1, -0.05) is 19.8 Å². The number of ether oxygens (including phenoxy) is 1. The van der Waals surface area contributed by atoms with Crippen LogP contribution in [-0.4, -0.2) is 63.3 Å². The Morgan fingerprint density at radius 2 is 2.05 bits per heavy atom. The van der Waals surface area contributed by atoms with Crippen LogP contribution in [0.1, 0.15) is 46.0 Å². The summed E-state index contributed by atoms with van der Waals surface area (Å²) in [4.78, 5) is 7.19. The molecule has 0 bridgehead atoms. The summed E-state index contributed by atoms with van der Waals surface area (Å²) in [5, 5.41) is 6.83. The lowest BCUT2D eigenvalue weighted by Gasteiger charge is -2.30. The SMILES string of the molecule is CCNC(=NCC1(CC)CCCC1)NCC1CN(C)CCO1. The molecule has 0 aromatic carbocycles. The number of guanidine groups is 1. The van der Waals surface area contributed by atoms with Gasteiger partial charge in [-0.25, -0.2) is 0 Å². The van der Waals surface area contributed by atoms with Gasteiger partial charge in [0.25, 0.3) is 0 Å². The molecule has 2 fully saturated rings. The molecule has 0 aromatic heterocycles. The van der Waals surface area contributed by atoms with Crippen LogP contribution in [0.4, 0.5) is 0 Å². The summed E-state index contributed by atoms with van der Waals surface area (Å²) >= 11 is 0. The van der Waals surface area contributed by atoms with Gasteiger partial charge < -0.3 is 20.3 Å². The molecular weight excluding hydrogens is 276 g/mol. The maximum atomic E-state index is 5.81. The minimum absolute atomic E-state index is 0.259. The smallest absolute Gasteiger partial charge is 0.191 e. The number of hydrogen-bond acceptors (Lipinski definition) is 3. The zero-order valence-corrected chi connectivity index (χ0v) is 14.7. The minimum atomic E-state index is 0.259. The molecule has 1 atom stereocenters. The molecule has 2 aliphatic rings. The lowest BCUT2D eigenvalue weighted by Crippen LogP contribution is -2.48. The Bertz CT molecular complexity index is 353. The van der Waals surface area contributed by atoms with Crippen LogP contribution in [0.3, 0.4) is 0 Å². The van der Waals surface area contributed by atoms with Crippen LogP contribution in [0.25, 0.3) is 0 Å². The van der Waals surface area contributed by atoms with Gasteiger partial charge in [0.15, 0.2) is 5.96 Å². The molecule has 1 aliphatic heterocycles. The average Bonchev–Trinajstić information content (AvgIpc) is 3.00. The van der Waals surface area contributed by atoms with E-state index in [1.54, 1.807) is 0 Å². The minimum Gasteiger partial charge on any atom is -0.374 e. The number of likely N-dealkylation sites (N-methyl/N-ethyl adjacent to an activating group) is 1. The van der Waals surface area contributed by atoms with Gasteiger partial charge in [-0.05, 0) is 38.6 Å². The Kier molecular flexibility index (Phi) is 6.96. The van der Waals surface area contributed by atoms with Crippen molar-refractivity contribution in [3.8, 4) is 0 Å². The van der Waals surface area contributed by atoms with E-state index >= 15 is 0 Å². The third kappa shape index (κ3) is 5.13. The van der Waals surface area contributed by atoms with Crippen LogP contribution in [0.15, 0.2) is 4.99 Å². The van der Waals surface area contributed by atoms with Crippen LogP contribution in [0, 0.1) is 5.41 Å². The van der Waals surface area contributed by atoms with Gasteiger partial charge in [0.05, 0.1) is 12.7 Å². The number of rotatable bonds is 6. The quantitative estimate of drug-likeness (QED) is 0.580. The summed E-state index contributed by atoms with van der Waals surface area (Å²) in [6.45, 7) is 9.96. The lowest BCUT2D eigenvalue weighted by atomic mass is 9.84. The van der Waals surface area contributed by atoms with Crippen LogP contribution in [0.2, 0.25) is 0 Å². The molecule has 1 aliphatic carbocycles. The summed E-state index contributed by atoms with van der Waals surface area (Å²) < 4.78 is 5.81. The van der Waals surface area contributed by atoms with Crippen LogP contribution in [0.5, 0.6) is 0 Å². The fourth-order valence-electron chi connectivity index (χ4n) is 3.54. The van der Waals surface area contributed by atoms with Crippen molar-refractivity contribution in [2.75, 3.05) is 46.4 Å². The number of nitrogens with one attached hydrogen (secondary N) is 2. The van der Waals surface area contributed by atoms with Crippen molar-refractivity contribution in [1.82, 2.24) is 15.5 Å². The van der Waals surface area contributed by atoms with Crippen LogP contribution >= 0.6 is 0 Å². The molecule has 5 nitrogen and oxygen atoms in total. The number of hydrogen-bond donors (Lipinski definition) is 2. The fraction of sp³-hybridized carbons (Fsp3) is 0.941. The predicted molar refractivity (Wildman–Crippen MR) is 92.4 cm³/mol. The Morgan fingerprint density at radius 1 is 1.27 bits per heavy atom. The summed E-state index contributed by atoms with van der Waals surface area (Å²) in [7, 11) is 2.15. The Hall–Kier alpha value is -0.810. The molecule has 2 rings (SSSR count). The highest BCUT2D eigenvalue weighted by molar-refractivity contribution is 5.79. The van der Waals surface area contributed by atoms with Crippen LogP contribution in [-0.2, 0) is 4.74 Å². The Morgan fingerprint density at radius 3 is 2.68 bits per heavy atom. The van der Waals surface area contributed by atoms with Crippen molar-refractivity contribution < 1.29 is 4.74 Å². The first kappa shape index (κ1) is 17.5. The molecule has 1 unspecified atom stereocenters. The lowest BCUT2D eigenvalue weighted by molar-refractivity contribution is -0.0161. The van der Waals surface area contributed by atoms with Gasteiger partial charge in [-0.15, -0.1) is 0 Å². The van der Waals surface area contributed by atoms with Crippen molar-refractivity contribution in [3.63, 3.8) is 0 Å². The van der Waals surface area contributed by atoms with E-state index in [4.69, 9.17) is 9.73 Å². The average molecular weight is 310 g/mol. The highest BCUT2D eigenvalue weighted by Gasteiger charge is 2.31. The van der Waals surface area contributed by atoms with Crippen LogP contribution < -0.4 is 10.6 Å². The van der Waals surface area contributed by atoms with E-state index in [0.29, 0.717) is 5.41 Å². The third-order valence-corrected chi connectivity index (χ3v) is 5.17. The highest BCUT2D eigenvalue weighted by atomic mass is 16.5. The topological polar surface area (TPSA) is 48.9 Å². The number of morpholine rings is 1. The second-order valence-electron chi connectivity index (χ2n) is 6.89. The zero-order chi connectivity index (χ0) is 15.8. The molecule has 0 amide bonds. The molecule has 0 radical (unpaired) electrons. The molecular formula is C17H34N4O. The molecule has 2 N–H and O–H groups in total. The van der Waals surface area contributed by atoms with E-state index in [-0.39, 0.29) is 6.10 Å². The highest BCUT2D eigenvalue weighted by Crippen LogP contribution is 2.41.